The molecule has 1 nitrogen and oxygen atoms in total. The molecule has 0 saturated carbocycles. The first kappa shape index (κ1) is 13.8. The number of aryl methyl sites for hydroxylation is 3. The third kappa shape index (κ3) is 2.85. The summed E-state index contributed by atoms with van der Waals surface area (Å²) in [7, 11) is 1.95. The summed E-state index contributed by atoms with van der Waals surface area (Å²) in [6, 6.07) is 9.23. The SMILES string of the molecule is CNCc1c(C)cc(-c2cc(F)ccc2C)cc1C. The second kappa shape index (κ2) is 5.54. The van der Waals surface area contributed by atoms with Gasteiger partial charge in [0.05, 0.1) is 0 Å². The van der Waals surface area contributed by atoms with Crippen molar-refractivity contribution < 1.29 is 4.39 Å². The summed E-state index contributed by atoms with van der Waals surface area (Å²) < 4.78 is 13.4. The molecule has 0 heterocycles. The van der Waals surface area contributed by atoms with Crippen molar-refractivity contribution in [1.29, 1.82) is 0 Å². The Morgan fingerprint density at radius 3 is 2.16 bits per heavy atom. The van der Waals surface area contributed by atoms with Crippen LogP contribution in [0.2, 0.25) is 0 Å². The van der Waals surface area contributed by atoms with Crippen LogP contribution in [-0.4, -0.2) is 7.05 Å². The van der Waals surface area contributed by atoms with Crippen LogP contribution < -0.4 is 5.32 Å². The number of hydrogen-bond donors (Lipinski definition) is 1. The Hall–Kier alpha value is -1.67. The fraction of sp³-hybridized carbons (Fsp3) is 0.294. The molecule has 0 unspecified atom stereocenters. The van der Waals surface area contributed by atoms with Gasteiger partial charge in [0.1, 0.15) is 5.82 Å². The Kier molecular flexibility index (Phi) is 4.01. The minimum Gasteiger partial charge on any atom is -0.316 e. The molecule has 0 fully saturated rings. The summed E-state index contributed by atoms with van der Waals surface area (Å²) in [5.74, 6) is -0.185. The maximum absolute atomic E-state index is 13.4. The molecule has 0 radical (unpaired) electrons. The lowest BCUT2D eigenvalue weighted by atomic mass is 9.93. The monoisotopic (exact) mass is 257 g/mol. The van der Waals surface area contributed by atoms with Gasteiger partial charge in [0.2, 0.25) is 0 Å². The van der Waals surface area contributed by atoms with Crippen molar-refractivity contribution in [2.45, 2.75) is 27.3 Å². The zero-order valence-electron chi connectivity index (χ0n) is 12.0. The first-order valence-corrected chi connectivity index (χ1v) is 6.54. The predicted octanol–water partition coefficient (Wildman–Crippen LogP) is 4.14. The molecule has 0 spiro atoms. The quantitative estimate of drug-likeness (QED) is 0.871. The van der Waals surface area contributed by atoms with E-state index in [1.165, 1.54) is 22.8 Å². The van der Waals surface area contributed by atoms with Crippen molar-refractivity contribution in [3.8, 4) is 11.1 Å². The van der Waals surface area contributed by atoms with E-state index in [0.717, 1.165) is 23.2 Å². The summed E-state index contributed by atoms with van der Waals surface area (Å²) in [6.07, 6.45) is 0. The smallest absolute Gasteiger partial charge is 0.123 e. The zero-order valence-corrected chi connectivity index (χ0v) is 12.0. The van der Waals surface area contributed by atoms with Crippen LogP contribution in [-0.2, 0) is 6.54 Å². The molecule has 0 bridgehead atoms. The molecule has 100 valence electrons. The van der Waals surface area contributed by atoms with Crippen molar-refractivity contribution >= 4 is 0 Å². The van der Waals surface area contributed by atoms with Crippen LogP contribution in [0.3, 0.4) is 0 Å². The summed E-state index contributed by atoms with van der Waals surface area (Å²) in [6.45, 7) is 7.09. The maximum atomic E-state index is 13.4. The Balaban J connectivity index is 2.55. The van der Waals surface area contributed by atoms with Gasteiger partial charge in [-0.1, -0.05) is 18.2 Å². The predicted molar refractivity (Wildman–Crippen MR) is 78.8 cm³/mol. The Bertz CT molecular complexity index is 579. The van der Waals surface area contributed by atoms with Gasteiger partial charge in [0.15, 0.2) is 0 Å². The molecular formula is C17H20FN. The van der Waals surface area contributed by atoms with Gasteiger partial charge in [0.25, 0.3) is 0 Å². The van der Waals surface area contributed by atoms with Crippen LogP contribution in [0.25, 0.3) is 11.1 Å². The summed E-state index contributed by atoms with van der Waals surface area (Å²) in [4.78, 5) is 0. The van der Waals surface area contributed by atoms with Crippen molar-refractivity contribution in [1.82, 2.24) is 5.32 Å². The number of halogens is 1. The van der Waals surface area contributed by atoms with Crippen molar-refractivity contribution in [2.75, 3.05) is 7.05 Å². The fourth-order valence-corrected chi connectivity index (χ4v) is 2.51. The van der Waals surface area contributed by atoms with Gasteiger partial charge >= 0.3 is 0 Å². The van der Waals surface area contributed by atoms with Gasteiger partial charge in [-0.15, -0.1) is 0 Å². The standard InChI is InChI=1S/C17H20FN/c1-11-5-6-15(18)9-16(11)14-7-12(2)17(10-19-4)13(3)8-14/h5-9,19H,10H2,1-4H3. The molecule has 0 amide bonds. The van der Waals surface area contributed by atoms with E-state index >= 15 is 0 Å². The Labute approximate surface area is 114 Å². The highest BCUT2D eigenvalue weighted by molar-refractivity contribution is 5.69. The topological polar surface area (TPSA) is 12.0 Å². The van der Waals surface area contributed by atoms with Gasteiger partial charge in [-0.05, 0) is 73.3 Å². The van der Waals surface area contributed by atoms with E-state index in [-0.39, 0.29) is 5.82 Å². The van der Waals surface area contributed by atoms with E-state index in [1.54, 1.807) is 6.07 Å². The molecule has 0 atom stereocenters. The second-order valence-electron chi connectivity index (χ2n) is 5.08. The third-order valence-electron chi connectivity index (χ3n) is 3.56. The van der Waals surface area contributed by atoms with E-state index in [4.69, 9.17) is 0 Å². The summed E-state index contributed by atoms with van der Waals surface area (Å²) >= 11 is 0. The van der Waals surface area contributed by atoms with Gasteiger partial charge in [-0.25, -0.2) is 4.39 Å². The number of nitrogens with one attached hydrogen (secondary N) is 1. The number of rotatable bonds is 3. The lowest BCUT2D eigenvalue weighted by Crippen LogP contribution is -2.08. The van der Waals surface area contributed by atoms with Crippen molar-refractivity contribution in [3.63, 3.8) is 0 Å². The highest BCUT2D eigenvalue weighted by atomic mass is 19.1. The Morgan fingerprint density at radius 2 is 1.58 bits per heavy atom. The molecule has 0 aliphatic carbocycles. The molecule has 2 heteroatoms. The van der Waals surface area contributed by atoms with Crippen molar-refractivity contribution in [2.24, 2.45) is 0 Å². The van der Waals surface area contributed by atoms with E-state index in [2.05, 4.69) is 31.3 Å². The van der Waals surface area contributed by atoms with E-state index < -0.39 is 0 Å². The van der Waals surface area contributed by atoms with Crippen LogP contribution in [0.4, 0.5) is 4.39 Å². The first-order valence-electron chi connectivity index (χ1n) is 6.54. The van der Waals surface area contributed by atoms with Gasteiger partial charge in [-0.2, -0.15) is 0 Å². The van der Waals surface area contributed by atoms with Crippen LogP contribution in [0.1, 0.15) is 22.3 Å². The maximum Gasteiger partial charge on any atom is 0.123 e. The average Bonchev–Trinajstić information content (AvgIpc) is 2.36. The number of benzene rings is 2. The van der Waals surface area contributed by atoms with Crippen LogP contribution in [0, 0.1) is 26.6 Å². The van der Waals surface area contributed by atoms with E-state index in [1.807, 2.05) is 20.0 Å². The highest BCUT2D eigenvalue weighted by Gasteiger charge is 2.08. The summed E-state index contributed by atoms with van der Waals surface area (Å²) in [5, 5.41) is 3.19. The van der Waals surface area contributed by atoms with Crippen LogP contribution in [0.15, 0.2) is 30.3 Å². The van der Waals surface area contributed by atoms with Gasteiger partial charge < -0.3 is 5.32 Å². The molecule has 19 heavy (non-hydrogen) atoms. The van der Waals surface area contributed by atoms with Crippen LogP contribution >= 0.6 is 0 Å². The largest absolute Gasteiger partial charge is 0.316 e. The van der Waals surface area contributed by atoms with Crippen molar-refractivity contribution in [3.05, 3.63) is 58.4 Å². The molecule has 2 rings (SSSR count). The molecule has 0 saturated heterocycles. The molecular weight excluding hydrogens is 237 g/mol. The zero-order chi connectivity index (χ0) is 14.0. The minimum atomic E-state index is -0.185. The normalized spacial score (nSPS) is 10.8. The number of hydrogen-bond acceptors (Lipinski definition) is 1. The molecule has 0 aromatic heterocycles. The van der Waals surface area contributed by atoms with Crippen LogP contribution in [0.5, 0.6) is 0 Å². The fourth-order valence-electron chi connectivity index (χ4n) is 2.51. The third-order valence-corrected chi connectivity index (χ3v) is 3.56. The first-order chi connectivity index (χ1) is 9.02. The lowest BCUT2D eigenvalue weighted by Gasteiger charge is -2.14. The lowest BCUT2D eigenvalue weighted by molar-refractivity contribution is 0.628. The second-order valence-corrected chi connectivity index (χ2v) is 5.08. The molecule has 0 aliphatic heterocycles. The molecule has 0 aliphatic rings. The van der Waals surface area contributed by atoms with E-state index in [9.17, 15) is 4.39 Å². The molecule has 1 N–H and O–H groups in total. The van der Waals surface area contributed by atoms with Gasteiger partial charge in [-0.3, -0.25) is 0 Å². The summed E-state index contributed by atoms with van der Waals surface area (Å²) in [5.41, 5.74) is 6.97. The molecule has 2 aromatic carbocycles. The average molecular weight is 257 g/mol. The Morgan fingerprint density at radius 1 is 0.947 bits per heavy atom. The minimum absolute atomic E-state index is 0.185. The van der Waals surface area contributed by atoms with Gasteiger partial charge in [0, 0.05) is 6.54 Å². The van der Waals surface area contributed by atoms with E-state index in [0.29, 0.717) is 0 Å². The molecule has 2 aromatic rings. The highest BCUT2D eigenvalue weighted by Crippen LogP contribution is 2.28.